The number of amides is 1. The standard InChI is InChI=1S/C16H13N3O4S/c1-9-4-3-5-13-14(9)17-16(24-13)18-15(20)11-8-10(19(21)22)6-7-12(11)23-2/h3-8H,1-2H3,(H,17,18,20). The van der Waals surface area contributed by atoms with E-state index < -0.39 is 10.8 Å². The Hall–Kier alpha value is -3.00. The third-order valence-corrected chi connectivity index (χ3v) is 4.42. The second-order valence-corrected chi connectivity index (χ2v) is 6.07. The van der Waals surface area contributed by atoms with E-state index in [1.165, 1.54) is 36.6 Å². The van der Waals surface area contributed by atoms with Gasteiger partial charge in [0.2, 0.25) is 0 Å². The molecule has 24 heavy (non-hydrogen) atoms. The van der Waals surface area contributed by atoms with Gasteiger partial charge < -0.3 is 4.74 Å². The van der Waals surface area contributed by atoms with Crippen LogP contribution in [0.15, 0.2) is 36.4 Å². The molecular weight excluding hydrogens is 330 g/mol. The summed E-state index contributed by atoms with van der Waals surface area (Å²) >= 11 is 1.34. The zero-order valence-corrected chi connectivity index (χ0v) is 13.7. The molecule has 3 aromatic rings. The van der Waals surface area contributed by atoms with E-state index >= 15 is 0 Å². The van der Waals surface area contributed by atoms with Crippen LogP contribution in [0.5, 0.6) is 5.75 Å². The highest BCUT2D eigenvalue weighted by atomic mass is 32.1. The van der Waals surface area contributed by atoms with Gasteiger partial charge in [-0.1, -0.05) is 23.5 Å². The molecule has 0 unspecified atom stereocenters. The van der Waals surface area contributed by atoms with Crippen LogP contribution in [-0.4, -0.2) is 22.9 Å². The predicted molar refractivity (Wildman–Crippen MR) is 92.0 cm³/mol. The Morgan fingerprint density at radius 3 is 2.79 bits per heavy atom. The van der Waals surface area contributed by atoms with Gasteiger partial charge in [-0.2, -0.15) is 0 Å². The van der Waals surface area contributed by atoms with Gasteiger partial charge >= 0.3 is 0 Å². The van der Waals surface area contributed by atoms with E-state index in [0.717, 1.165) is 15.8 Å². The van der Waals surface area contributed by atoms with Crippen molar-refractivity contribution < 1.29 is 14.5 Å². The summed E-state index contributed by atoms with van der Waals surface area (Å²) in [6, 6.07) is 9.66. The molecule has 7 nitrogen and oxygen atoms in total. The number of hydrogen-bond donors (Lipinski definition) is 1. The molecule has 0 aliphatic heterocycles. The Labute approximate surface area is 141 Å². The first-order valence-electron chi connectivity index (χ1n) is 6.99. The van der Waals surface area contributed by atoms with Crippen molar-refractivity contribution in [2.24, 2.45) is 0 Å². The number of para-hydroxylation sites is 1. The number of rotatable bonds is 4. The summed E-state index contributed by atoms with van der Waals surface area (Å²) in [5.74, 6) is -0.248. The number of carbonyl (C=O) groups excluding carboxylic acids is 1. The van der Waals surface area contributed by atoms with Gasteiger partial charge in [0.15, 0.2) is 5.13 Å². The van der Waals surface area contributed by atoms with Gasteiger partial charge in [-0.15, -0.1) is 0 Å². The fourth-order valence-electron chi connectivity index (χ4n) is 2.29. The molecule has 8 heteroatoms. The molecule has 1 aromatic heterocycles. The number of ether oxygens (including phenoxy) is 1. The highest BCUT2D eigenvalue weighted by molar-refractivity contribution is 7.22. The lowest BCUT2D eigenvalue weighted by Crippen LogP contribution is -2.13. The van der Waals surface area contributed by atoms with E-state index in [0.29, 0.717) is 5.13 Å². The highest BCUT2D eigenvalue weighted by Crippen LogP contribution is 2.30. The van der Waals surface area contributed by atoms with Crippen molar-refractivity contribution in [2.75, 3.05) is 12.4 Å². The number of benzene rings is 2. The summed E-state index contributed by atoms with van der Waals surface area (Å²) < 4.78 is 6.07. The van der Waals surface area contributed by atoms with Crippen LogP contribution in [0.25, 0.3) is 10.2 Å². The lowest BCUT2D eigenvalue weighted by atomic mass is 10.1. The number of nitro benzene ring substituents is 1. The SMILES string of the molecule is COc1ccc([N+](=O)[O-])cc1C(=O)Nc1nc2c(C)cccc2s1. The number of methoxy groups -OCH3 is 1. The fraction of sp³-hybridized carbons (Fsp3) is 0.125. The van der Waals surface area contributed by atoms with Crippen molar-refractivity contribution in [2.45, 2.75) is 6.92 Å². The number of aromatic nitrogens is 1. The zero-order chi connectivity index (χ0) is 17.3. The van der Waals surface area contributed by atoms with E-state index in [9.17, 15) is 14.9 Å². The maximum Gasteiger partial charge on any atom is 0.270 e. The number of fused-ring (bicyclic) bond motifs is 1. The van der Waals surface area contributed by atoms with E-state index in [1.807, 2.05) is 25.1 Å². The van der Waals surface area contributed by atoms with Crippen LogP contribution < -0.4 is 10.1 Å². The van der Waals surface area contributed by atoms with Gasteiger partial charge in [-0.25, -0.2) is 4.98 Å². The van der Waals surface area contributed by atoms with E-state index in [4.69, 9.17) is 4.74 Å². The molecule has 1 amide bonds. The van der Waals surface area contributed by atoms with Crippen LogP contribution in [0.2, 0.25) is 0 Å². The maximum absolute atomic E-state index is 12.5. The first kappa shape index (κ1) is 15.9. The molecule has 1 heterocycles. The molecule has 122 valence electrons. The second kappa shape index (κ2) is 6.25. The number of carbonyl (C=O) groups is 1. The number of nitro groups is 1. The van der Waals surface area contributed by atoms with Crippen molar-refractivity contribution in [3.05, 3.63) is 57.6 Å². The van der Waals surface area contributed by atoms with Gasteiger partial charge in [0.1, 0.15) is 5.75 Å². The molecule has 3 rings (SSSR count). The fourth-order valence-corrected chi connectivity index (χ4v) is 3.23. The van der Waals surface area contributed by atoms with E-state index in [-0.39, 0.29) is 17.0 Å². The normalized spacial score (nSPS) is 10.6. The first-order valence-corrected chi connectivity index (χ1v) is 7.81. The number of aryl methyl sites for hydroxylation is 1. The molecule has 0 radical (unpaired) electrons. The number of anilines is 1. The van der Waals surface area contributed by atoms with Gasteiger partial charge in [0.25, 0.3) is 11.6 Å². The van der Waals surface area contributed by atoms with Crippen LogP contribution in [0.1, 0.15) is 15.9 Å². The van der Waals surface area contributed by atoms with Crippen LogP contribution in [0, 0.1) is 17.0 Å². The minimum atomic E-state index is -0.558. The van der Waals surface area contributed by atoms with Crippen LogP contribution in [0.4, 0.5) is 10.8 Å². The van der Waals surface area contributed by atoms with Crippen molar-refractivity contribution in [1.82, 2.24) is 4.98 Å². The molecule has 0 aliphatic rings. The third kappa shape index (κ3) is 2.91. The van der Waals surface area contributed by atoms with Gasteiger partial charge in [-0.3, -0.25) is 20.2 Å². The molecule has 0 saturated heterocycles. The average molecular weight is 343 g/mol. The molecule has 0 saturated carbocycles. The summed E-state index contributed by atoms with van der Waals surface area (Å²) in [5, 5.41) is 14.0. The molecular formula is C16H13N3O4S. The molecule has 0 bridgehead atoms. The smallest absolute Gasteiger partial charge is 0.270 e. The molecule has 0 spiro atoms. The summed E-state index contributed by atoms with van der Waals surface area (Å²) in [6.45, 7) is 1.94. The van der Waals surface area contributed by atoms with E-state index in [2.05, 4.69) is 10.3 Å². The monoisotopic (exact) mass is 343 g/mol. The maximum atomic E-state index is 12.5. The first-order chi connectivity index (χ1) is 11.5. The molecule has 1 N–H and O–H groups in total. The number of hydrogen-bond acceptors (Lipinski definition) is 6. The minimum Gasteiger partial charge on any atom is -0.496 e. The summed E-state index contributed by atoms with van der Waals surface area (Å²) in [6.07, 6.45) is 0. The van der Waals surface area contributed by atoms with Crippen molar-refractivity contribution in [1.29, 1.82) is 0 Å². The Bertz CT molecular complexity index is 952. The van der Waals surface area contributed by atoms with E-state index in [1.54, 1.807) is 0 Å². The highest BCUT2D eigenvalue weighted by Gasteiger charge is 2.19. The Morgan fingerprint density at radius 2 is 2.12 bits per heavy atom. The topological polar surface area (TPSA) is 94.4 Å². The molecule has 2 aromatic carbocycles. The average Bonchev–Trinajstić information content (AvgIpc) is 2.98. The minimum absolute atomic E-state index is 0.0858. The molecule has 0 aliphatic carbocycles. The van der Waals surface area contributed by atoms with Crippen LogP contribution in [0.3, 0.4) is 0 Å². The summed E-state index contributed by atoms with van der Waals surface area (Å²) in [4.78, 5) is 27.2. The third-order valence-electron chi connectivity index (χ3n) is 3.48. The van der Waals surface area contributed by atoms with Crippen LogP contribution >= 0.6 is 11.3 Å². The summed E-state index contributed by atoms with van der Waals surface area (Å²) in [5.41, 5.74) is 1.74. The zero-order valence-electron chi connectivity index (χ0n) is 12.9. The largest absolute Gasteiger partial charge is 0.496 e. The molecule has 0 atom stereocenters. The lowest BCUT2D eigenvalue weighted by molar-refractivity contribution is -0.384. The van der Waals surface area contributed by atoms with Gasteiger partial charge in [-0.05, 0) is 24.6 Å². The Kier molecular flexibility index (Phi) is 4.13. The number of nitrogens with one attached hydrogen (secondary N) is 1. The lowest BCUT2D eigenvalue weighted by Gasteiger charge is -2.07. The van der Waals surface area contributed by atoms with Gasteiger partial charge in [0.05, 0.1) is 27.8 Å². The van der Waals surface area contributed by atoms with Crippen LogP contribution in [-0.2, 0) is 0 Å². The number of non-ortho nitro benzene ring substituents is 1. The van der Waals surface area contributed by atoms with Crippen molar-refractivity contribution in [3.8, 4) is 5.75 Å². The predicted octanol–water partition coefficient (Wildman–Crippen LogP) is 3.77. The van der Waals surface area contributed by atoms with Crippen molar-refractivity contribution in [3.63, 3.8) is 0 Å². The second-order valence-electron chi connectivity index (χ2n) is 5.04. The number of nitrogens with zero attached hydrogens (tertiary/aromatic N) is 2. The Morgan fingerprint density at radius 1 is 1.33 bits per heavy atom. The molecule has 0 fully saturated rings. The Balaban J connectivity index is 1.95. The van der Waals surface area contributed by atoms with Gasteiger partial charge in [0, 0.05) is 12.1 Å². The number of thiazole rings is 1. The quantitative estimate of drug-likeness (QED) is 0.575. The van der Waals surface area contributed by atoms with Crippen molar-refractivity contribution >= 4 is 38.3 Å². The summed E-state index contributed by atoms with van der Waals surface area (Å²) in [7, 11) is 1.40.